The Kier molecular flexibility index (Phi) is 6.02. The molecule has 0 amide bonds. The maximum atomic E-state index is 11.8. The van der Waals surface area contributed by atoms with Crippen molar-refractivity contribution in [3.63, 3.8) is 0 Å². The molecule has 1 unspecified atom stereocenters. The highest BCUT2D eigenvalue weighted by Crippen LogP contribution is 2.14. The van der Waals surface area contributed by atoms with Gasteiger partial charge < -0.3 is 10.9 Å². The first kappa shape index (κ1) is 16.2. The monoisotopic (exact) mass is 292 g/mol. The summed E-state index contributed by atoms with van der Waals surface area (Å²) in [7, 11) is -3.11. The fourth-order valence-corrected chi connectivity index (χ4v) is 3.42. The van der Waals surface area contributed by atoms with E-state index >= 15 is 0 Å². The largest absolute Gasteiger partial charge is 0.409 e. The standard InChI is InChI=1S/C11H24N4O3S/c1-3-5-10(11(12)13-16)14-6-8-15(9-7-14)19(17,18)4-2/h10,16H,3-9H2,1-2H3,(H2,12,13). The quantitative estimate of drug-likeness (QED) is 0.307. The molecular formula is C11H24N4O3S. The van der Waals surface area contributed by atoms with Crippen LogP contribution in [-0.4, -0.2) is 66.6 Å². The van der Waals surface area contributed by atoms with E-state index in [1.807, 2.05) is 6.92 Å². The molecule has 1 rings (SSSR count). The van der Waals surface area contributed by atoms with Gasteiger partial charge in [0.05, 0.1) is 11.8 Å². The normalized spacial score (nSPS) is 21.5. The van der Waals surface area contributed by atoms with Gasteiger partial charge in [0.25, 0.3) is 0 Å². The molecule has 0 bridgehead atoms. The minimum Gasteiger partial charge on any atom is -0.409 e. The maximum Gasteiger partial charge on any atom is 0.213 e. The Morgan fingerprint density at radius 1 is 1.32 bits per heavy atom. The fraction of sp³-hybridized carbons (Fsp3) is 0.909. The van der Waals surface area contributed by atoms with Gasteiger partial charge in [-0.25, -0.2) is 8.42 Å². The van der Waals surface area contributed by atoms with E-state index in [1.54, 1.807) is 6.92 Å². The molecule has 0 aromatic carbocycles. The van der Waals surface area contributed by atoms with Crippen LogP contribution in [0.4, 0.5) is 0 Å². The van der Waals surface area contributed by atoms with Gasteiger partial charge in [-0.05, 0) is 13.3 Å². The molecule has 1 fully saturated rings. The minimum absolute atomic E-state index is 0.110. The Morgan fingerprint density at radius 3 is 2.32 bits per heavy atom. The van der Waals surface area contributed by atoms with Crippen molar-refractivity contribution in [2.75, 3.05) is 31.9 Å². The zero-order valence-corrected chi connectivity index (χ0v) is 12.4. The Balaban J connectivity index is 2.66. The van der Waals surface area contributed by atoms with Crippen LogP contribution >= 0.6 is 0 Å². The van der Waals surface area contributed by atoms with Crippen LogP contribution in [0.25, 0.3) is 0 Å². The summed E-state index contributed by atoms with van der Waals surface area (Å²) in [4.78, 5) is 2.08. The van der Waals surface area contributed by atoms with Gasteiger partial charge in [-0.2, -0.15) is 4.31 Å². The molecule has 0 radical (unpaired) electrons. The van der Waals surface area contributed by atoms with Crippen LogP contribution in [0.5, 0.6) is 0 Å². The topological polar surface area (TPSA) is 99.2 Å². The van der Waals surface area contributed by atoms with Crippen molar-refractivity contribution < 1.29 is 13.6 Å². The molecule has 0 aromatic rings. The second-order valence-electron chi connectivity index (χ2n) is 4.66. The molecule has 19 heavy (non-hydrogen) atoms. The molecule has 8 heteroatoms. The lowest BCUT2D eigenvalue weighted by Gasteiger charge is -2.38. The number of hydrogen-bond acceptors (Lipinski definition) is 5. The average Bonchev–Trinajstić information content (AvgIpc) is 2.44. The van der Waals surface area contributed by atoms with Gasteiger partial charge in [0.15, 0.2) is 5.84 Å². The van der Waals surface area contributed by atoms with Crippen molar-refractivity contribution in [3.8, 4) is 0 Å². The summed E-state index contributed by atoms with van der Waals surface area (Å²) < 4.78 is 25.0. The summed E-state index contributed by atoms with van der Waals surface area (Å²) >= 11 is 0. The molecule has 0 aromatic heterocycles. The molecule has 1 aliphatic rings. The van der Waals surface area contributed by atoms with Crippen molar-refractivity contribution in [1.82, 2.24) is 9.21 Å². The highest BCUT2D eigenvalue weighted by Gasteiger charge is 2.30. The number of sulfonamides is 1. The van der Waals surface area contributed by atoms with E-state index < -0.39 is 10.0 Å². The molecule has 1 atom stereocenters. The number of oxime groups is 1. The molecule has 0 spiro atoms. The molecule has 3 N–H and O–H groups in total. The fourth-order valence-electron chi connectivity index (χ4n) is 2.33. The summed E-state index contributed by atoms with van der Waals surface area (Å²) in [5, 5.41) is 11.9. The number of amidine groups is 1. The van der Waals surface area contributed by atoms with Gasteiger partial charge in [-0.1, -0.05) is 18.5 Å². The van der Waals surface area contributed by atoms with Crippen LogP contribution in [0.3, 0.4) is 0 Å². The molecule has 112 valence electrons. The Hall–Kier alpha value is -0.860. The highest BCUT2D eigenvalue weighted by atomic mass is 32.2. The number of nitrogens with zero attached hydrogens (tertiary/aromatic N) is 3. The predicted molar refractivity (Wildman–Crippen MR) is 74.7 cm³/mol. The van der Waals surface area contributed by atoms with E-state index in [9.17, 15) is 8.42 Å². The first-order valence-corrected chi connectivity index (χ1v) is 8.26. The lowest BCUT2D eigenvalue weighted by Crippen LogP contribution is -2.55. The number of piperazine rings is 1. The second kappa shape index (κ2) is 7.06. The zero-order valence-electron chi connectivity index (χ0n) is 11.6. The highest BCUT2D eigenvalue weighted by molar-refractivity contribution is 7.89. The Bertz CT molecular complexity index is 402. The number of rotatable bonds is 6. The smallest absolute Gasteiger partial charge is 0.213 e. The molecule has 1 aliphatic heterocycles. The maximum absolute atomic E-state index is 11.8. The second-order valence-corrected chi connectivity index (χ2v) is 6.92. The van der Waals surface area contributed by atoms with Gasteiger partial charge in [-0.15, -0.1) is 0 Å². The van der Waals surface area contributed by atoms with E-state index in [0.29, 0.717) is 26.2 Å². The van der Waals surface area contributed by atoms with Crippen LogP contribution in [0.2, 0.25) is 0 Å². The minimum atomic E-state index is -3.11. The van der Waals surface area contributed by atoms with Crippen LogP contribution in [0.15, 0.2) is 5.16 Å². The van der Waals surface area contributed by atoms with E-state index in [2.05, 4.69) is 10.1 Å². The molecule has 0 saturated carbocycles. The predicted octanol–water partition coefficient (Wildman–Crippen LogP) is -0.131. The van der Waals surface area contributed by atoms with Crippen molar-refractivity contribution in [1.29, 1.82) is 0 Å². The van der Waals surface area contributed by atoms with Crippen LogP contribution < -0.4 is 5.73 Å². The summed E-state index contributed by atoms with van der Waals surface area (Å²) in [5.74, 6) is 0.333. The molecule has 0 aliphatic carbocycles. The average molecular weight is 292 g/mol. The zero-order chi connectivity index (χ0) is 14.5. The summed E-state index contributed by atoms with van der Waals surface area (Å²) in [6.07, 6.45) is 1.73. The van der Waals surface area contributed by atoms with Gasteiger partial charge in [0, 0.05) is 26.2 Å². The Morgan fingerprint density at radius 2 is 1.89 bits per heavy atom. The van der Waals surface area contributed by atoms with E-state index in [0.717, 1.165) is 12.8 Å². The molecule has 1 heterocycles. The van der Waals surface area contributed by atoms with Crippen molar-refractivity contribution in [3.05, 3.63) is 0 Å². The summed E-state index contributed by atoms with van der Waals surface area (Å²) in [6.45, 7) is 5.85. The lowest BCUT2D eigenvalue weighted by atomic mass is 10.1. The van der Waals surface area contributed by atoms with Crippen molar-refractivity contribution >= 4 is 15.9 Å². The number of nitrogens with two attached hydrogens (primary N) is 1. The third-order valence-electron chi connectivity index (χ3n) is 3.49. The summed E-state index contributed by atoms with van der Waals surface area (Å²) in [5.41, 5.74) is 5.71. The Labute approximate surface area is 115 Å². The van der Waals surface area contributed by atoms with Gasteiger partial charge >= 0.3 is 0 Å². The third-order valence-corrected chi connectivity index (χ3v) is 5.37. The van der Waals surface area contributed by atoms with Crippen LogP contribution in [0.1, 0.15) is 26.7 Å². The molecule has 7 nitrogen and oxygen atoms in total. The van der Waals surface area contributed by atoms with Crippen LogP contribution in [-0.2, 0) is 10.0 Å². The van der Waals surface area contributed by atoms with Crippen molar-refractivity contribution in [2.45, 2.75) is 32.7 Å². The summed E-state index contributed by atoms with van der Waals surface area (Å²) in [6, 6.07) is -0.110. The number of hydrogen-bond donors (Lipinski definition) is 2. The van der Waals surface area contributed by atoms with E-state index in [1.165, 1.54) is 4.31 Å². The molecular weight excluding hydrogens is 268 g/mol. The third kappa shape index (κ3) is 4.05. The lowest BCUT2D eigenvalue weighted by molar-refractivity contribution is 0.158. The van der Waals surface area contributed by atoms with E-state index in [-0.39, 0.29) is 17.6 Å². The molecule has 1 saturated heterocycles. The van der Waals surface area contributed by atoms with Gasteiger partial charge in [0.1, 0.15) is 0 Å². The first-order chi connectivity index (χ1) is 8.96. The SMILES string of the molecule is CCCC(C(N)=NO)N1CCN(S(=O)(=O)CC)CC1. The van der Waals surface area contributed by atoms with Gasteiger partial charge in [-0.3, -0.25) is 4.90 Å². The first-order valence-electron chi connectivity index (χ1n) is 6.65. The van der Waals surface area contributed by atoms with E-state index in [4.69, 9.17) is 10.9 Å². The van der Waals surface area contributed by atoms with Crippen LogP contribution in [0, 0.1) is 0 Å². The van der Waals surface area contributed by atoms with Gasteiger partial charge in [0.2, 0.25) is 10.0 Å². The van der Waals surface area contributed by atoms with Crippen molar-refractivity contribution in [2.24, 2.45) is 10.9 Å².